The first-order valence-electron chi connectivity index (χ1n) is 10.0. The van der Waals surface area contributed by atoms with Crippen LogP contribution in [-0.2, 0) is 19.9 Å². The van der Waals surface area contributed by atoms with E-state index in [1.54, 1.807) is 43.3 Å². The van der Waals surface area contributed by atoms with Crippen molar-refractivity contribution in [2.45, 2.75) is 12.5 Å². The Morgan fingerprint density at radius 3 is 2.58 bits per heavy atom. The standard InChI is InChI=1S/C22H23ClN4O4/c1-22(15-5-3-2-4-6-15)20(29)27(21(30)25-22)14-19(28)24-17-13-16(23)7-8-18(17)26-9-11-31-12-10-26/h2-8,13H,9-12,14H2,1H3,(H,24,28)(H,25,30). The van der Waals surface area contributed by atoms with Gasteiger partial charge in [0.1, 0.15) is 12.1 Å². The van der Waals surface area contributed by atoms with Gasteiger partial charge >= 0.3 is 6.03 Å². The summed E-state index contributed by atoms with van der Waals surface area (Å²) in [5.41, 5.74) is 0.776. The van der Waals surface area contributed by atoms with Gasteiger partial charge < -0.3 is 20.3 Å². The Labute approximate surface area is 185 Å². The number of nitrogens with zero attached hydrogens (tertiary/aromatic N) is 2. The minimum atomic E-state index is -1.21. The zero-order valence-electron chi connectivity index (χ0n) is 17.1. The van der Waals surface area contributed by atoms with Crippen LogP contribution in [0.15, 0.2) is 48.5 Å². The van der Waals surface area contributed by atoms with E-state index in [1.807, 2.05) is 12.1 Å². The zero-order chi connectivity index (χ0) is 22.0. The molecule has 4 amide bonds. The first-order chi connectivity index (χ1) is 14.9. The van der Waals surface area contributed by atoms with Crippen LogP contribution in [0.4, 0.5) is 16.2 Å². The van der Waals surface area contributed by atoms with E-state index < -0.39 is 29.9 Å². The Morgan fingerprint density at radius 2 is 1.87 bits per heavy atom. The van der Waals surface area contributed by atoms with Gasteiger partial charge in [0, 0.05) is 18.1 Å². The lowest BCUT2D eigenvalue weighted by Gasteiger charge is -2.30. The van der Waals surface area contributed by atoms with Crippen LogP contribution in [0, 0.1) is 0 Å². The maximum Gasteiger partial charge on any atom is 0.325 e. The number of rotatable bonds is 5. The predicted octanol–water partition coefficient (Wildman–Crippen LogP) is 2.58. The van der Waals surface area contributed by atoms with Crippen molar-refractivity contribution in [2.75, 3.05) is 43.1 Å². The molecule has 4 rings (SSSR count). The highest BCUT2D eigenvalue weighted by Crippen LogP contribution is 2.31. The lowest BCUT2D eigenvalue weighted by Crippen LogP contribution is -2.42. The maximum atomic E-state index is 13.0. The summed E-state index contributed by atoms with van der Waals surface area (Å²) >= 11 is 6.14. The van der Waals surface area contributed by atoms with Crippen LogP contribution in [0.3, 0.4) is 0 Å². The molecule has 0 bridgehead atoms. The molecule has 2 aromatic rings. The molecule has 2 N–H and O–H groups in total. The first kappa shape index (κ1) is 21.1. The monoisotopic (exact) mass is 442 g/mol. The molecule has 162 valence electrons. The number of hydrogen-bond acceptors (Lipinski definition) is 5. The Morgan fingerprint density at radius 1 is 1.16 bits per heavy atom. The number of imide groups is 1. The number of carbonyl (C=O) groups is 3. The number of morpholine rings is 1. The Hall–Kier alpha value is -3.10. The molecule has 31 heavy (non-hydrogen) atoms. The number of ether oxygens (including phenoxy) is 1. The first-order valence-corrected chi connectivity index (χ1v) is 10.4. The van der Waals surface area contributed by atoms with Crippen molar-refractivity contribution in [3.8, 4) is 0 Å². The van der Waals surface area contributed by atoms with Gasteiger partial charge in [-0.3, -0.25) is 14.5 Å². The fourth-order valence-electron chi connectivity index (χ4n) is 3.83. The number of halogens is 1. The SMILES string of the molecule is CC1(c2ccccc2)NC(=O)N(CC(=O)Nc2cc(Cl)ccc2N2CCOCC2)C1=O. The largest absolute Gasteiger partial charge is 0.378 e. The van der Waals surface area contributed by atoms with Crippen molar-refractivity contribution in [2.24, 2.45) is 0 Å². The number of benzene rings is 2. The molecule has 9 heteroatoms. The summed E-state index contributed by atoms with van der Waals surface area (Å²) in [7, 11) is 0. The summed E-state index contributed by atoms with van der Waals surface area (Å²) in [6.45, 7) is 3.79. The second-order valence-electron chi connectivity index (χ2n) is 7.62. The summed E-state index contributed by atoms with van der Waals surface area (Å²) in [4.78, 5) is 41.3. The van der Waals surface area contributed by atoms with E-state index in [2.05, 4.69) is 15.5 Å². The van der Waals surface area contributed by atoms with E-state index in [9.17, 15) is 14.4 Å². The van der Waals surface area contributed by atoms with Gasteiger partial charge in [-0.15, -0.1) is 0 Å². The van der Waals surface area contributed by atoms with Crippen LogP contribution in [0.2, 0.25) is 5.02 Å². The van der Waals surface area contributed by atoms with E-state index in [-0.39, 0.29) is 0 Å². The zero-order valence-corrected chi connectivity index (χ0v) is 17.8. The molecule has 8 nitrogen and oxygen atoms in total. The van der Waals surface area contributed by atoms with E-state index in [0.717, 1.165) is 10.6 Å². The summed E-state index contributed by atoms with van der Waals surface area (Å²) in [6, 6.07) is 13.6. The van der Waals surface area contributed by atoms with Gasteiger partial charge in [-0.25, -0.2) is 4.79 Å². The average molecular weight is 443 g/mol. The number of nitrogens with one attached hydrogen (secondary N) is 2. The number of amides is 4. The molecule has 2 fully saturated rings. The molecule has 1 atom stereocenters. The molecule has 2 saturated heterocycles. The van der Waals surface area contributed by atoms with Gasteiger partial charge in [-0.05, 0) is 30.7 Å². The predicted molar refractivity (Wildman–Crippen MR) is 117 cm³/mol. The third-order valence-corrected chi connectivity index (χ3v) is 5.75. The molecule has 2 heterocycles. The highest BCUT2D eigenvalue weighted by atomic mass is 35.5. The molecule has 0 aliphatic carbocycles. The molecule has 2 aliphatic rings. The van der Waals surface area contributed by atoms with Crippen LogP contribution >= 0.6 is 11.6 Å². The number of urea groups is 1. The summed E-state index contributed by atoms with van der Waals surface area (Å²) in [5, 5.41) is 5.98. The average Bonchev–Trinajstić information content (AvgIpc) is 2.99. The van der Waals surface area contributed by atoms with Crippen molar-refractivity contribution in [1.82, 2.24) is 10.2 Å². The van der Waals surface area contributed by atoms with Crippen molar-refractivity contribution in [3.05, 3.63) is 59.1 Å². The molecule has 0 saturated carbocycles. The molecule has 2 aliphatic heterocycles. The molecule has 0 radical (unpaired) electrons. The van der Waals surface area contributed by atoms with E-state index in [1.165, 1.54) is 0 Å². The Kier molecular flexibility index (Phi) is 5.84. The smallest absolute Gasteiger partial charge is 0.325 e. The lowest BCUT2D eigenvalue weighted by atomic mass is 9.92. The quantitative estimate of drug-likeness (QED) is 0.694. The molecule has 1 unspecified atom stereocenters. The van der Waals surface area contributed by atoms with Gasteiger partial charge in [0.25, 0.3) is 5.91 Å². The van der Waals surface area contributed by atoms with Crippen molar-refractivity contribution in [3.63, 3.8) is 0 Å². The minimum absolute atomic E-state index is 0.401. The topological polar surface area (TPSA) is 91.0 Å². The van der Waals surface area contributed by atoms with Crippen LogP contribution in [0.5, 0.6) is 0 Å². The third-order valence-electron chi connectivity index (χ3n) is 5.51. The second kappa shape index (κ2) is 8.56. The summed E-state index contributed by atoms with van der Waals surface area (Å²) in [6.07, 6.45) is 0. The lowest BCUT2D eigenvalue weighted by molar-refractivity contribution is -0.133. The van der Waals surface area contributed by atoms with E-state index in [0.29, 0.717) is 42.6 Å². The number of hydrogen-bond donors (Lipinski definition) is 2. The highest BCUT2D eigenvalue weighted by Gasteiger charge is 2.49. The number of anilines is 2. The van der Waals surface area contributed by atoms with Gasteiger partial charge in [-0.1, -0.05) is 41.9 Å². The van der Waals surface area contributed by atoms with E-state index >= 15 is 0 Å². The van der Waals surface area contributed by atoms with Crippen LogP contribution in [0.25, 0.3) is 0 Å². The van der Waals surface area contributed by atoms with Crippen molar-refractivity contribution >= 4 is 40.8 Å². The van der Waals surface area contributed by atoms with Crippen LogP contribution in [0.1, 0.15) is 12.5 Å². The van der Waals surface area contributed by atoms with Gasteiger partial charge in [0.05, 0.1) is 24.6 Å². The van der Waals surface area contributed by atoms with Crippen LogP contribution < -0.4 is 15.5 Å². The van der Waals surface area contributed by atoms with Crippen molar-refractivity contribution in [1.29, 1.82) is 0 Å². The summed E-state index contributed by atoms with van der Waals surface area (Å²) in [5.74, 6) is -0.962. The Bertz CT molecular complexity index is 1010. The maximum absolute atomic E-state index is 13.0. The van der Waals surface area contributed by atoms with Crippen molar-refractivity contribution < 1.29 is 19.1 Å². The summed E-state index contributed by atoms with van der Waals surface area (Å²) < 4.78 is 5.39. The van der Waals surface area contributed by atoms with Gasteiger partial charge in [-0.2, -0.15) is 0 Å². The van der Waals surface area contributed by atoms with Gasteiger partial charge in [0.15, 0.2) is 0 Å². The van der Waals surface area contributed by atoms with Crippen LogP contribution in [-0.4, -0.2) is 55.6 Å². The molecular weight excluding hydrogens is 420 g/mol. The fourth-order valence-corrected chi connectivity index (χ4v) is 4.00. The normalized spacial score (nSPS) is 21.2. The van der Waals surface area contributed by atoms with E-state index in [4.69, 9.17) is 16.3 Å². The minimum Gasteiger partial charge on any atom is -0.378 e. The Balaban J connectivity index is 1.50. The second-order valence-corrected chi connectivity index (χ2v) is 8.06. The third kappa shape index (κ3) is 4.22. The molecule has 0 aromatic heterocycles. The molecule has 0 spiro atoms. The molecular formula is C22H23ClN4O4. The molecule has 2 aromatic carbocycles. The number of carbonyl (C=O) groups excluding carboxylic acids is 3. The fraction of sp³-hybridized carbons (Fsp3) is 0.318. The highest BCUT2D eigenvalue weighted by molar-refractivity contribution is 6.31. The van der Waals surface area contributed by atoms with Gasteiger partial charge in [0.2, 0.25) is 5.91 Å².